The van der Waals surface area contributed by atoms with Gasteiger partial charge < -0.3 is 14.4 Å². The molecule has 0 atom stereocenters. The first-order chi connectivity index (χ1) is 13.1. The number of aryl methyl sites for hydroxylation is 1. The highest BCUT2D eigenvalue weighted by atomic mass is 19.2. The Balaban J connectivity index is 2.68. The standard InChI is InChI=1S/C18H18F2N2O6/c1-4-21-13(8-5-6-8)10(18(24)25)16(23)9-14(22(26)27)11(19)12(20)17(15(9)21)28-7(2)3/h7-8H,4-6H2,1-3H3,(H,24,25). The van der Waals surface area contributed by atoms with Gasteiger partial charge in [0.05, 0.1) is 11.0 Å². The molecule has 8 nitrogen and oxygen atoms in total. The van der Waals surface area contributed by atoms with Crippen molar-refractivity contribution in [1.82, 2.24) is 4.57 Å². The Morgan fingerprint density at radius 1 is 1.36 bits per heavy atom. The number of carboxylic acids is 1. The van der Waals surface area contributed by atoms with Crippen LogP contribution in [0.15, 0.2) is 4.79 Å². The van der Waals surface area contributed by atoms with Crippen LogP contribution in [0.1, 0.15) is 55.6 Å². The zero-order valence-electron chi connectivity index (χ0n) is 15.4. The normalized spacial score (nSPS) is 13.9. The highest BCUT2D eigenvalue weighted by Crippen LogP contribution is 2.45. The van der Waals surface area contributed by atoms with Gasteiger partial charge in [0.1, 0.15) is 16.5 Å². The summed E-state index contributed by atoms with van der Waals surface area (Å²) in [5.74, 6) is -5.89. The van der Waals surface area contributed by atoms with E-state index in [1.807, 2.05) is 0 Å². The zero-order chi connectivity index (χ0) is 20.9. The molecule has 1 fully saturated rings. The molecule has 150 valence electrons. The predicted molar refractivity (Wildman–Crippen MR) is 95.2 cm³/mol. The van der Waals surface area contributed by atoms with Gasteiger partial charge in [-0.15, -0.1) is 0 Å². The molecule has 0 radical (unpaired) electrons. The van der Waals surface area contributed by atoms with Crippen LogP contribution in [0.5, 0.6) is 5.75 Å². The van der Waals surface area contributed by atoms with Crippen molar-refractivity contribution < 1.29 is 28.3 Å². The molecular formula is C18H18F2N2O6. The van der Waals surface area contributed by atoms with Gasteiger partial charge in [0.15, 0.2) is 5.75 Å². The van der Waals surface area contributed by atoms with E-state index in [9.17, 15) is 33.6 Å². The van der Waals surface area contributed by atoms with Crippen molar-refractivity contribution in [2.45, 2.75) is 52.2 Å². The second-order valence-electron chi connectivity index (χ2n) is 6.87. The van der Waals surface area contributed by atoms with E-state index in [1.165, 1.54) is 4.57 Å². The summed E-state index contributed by atoms with van der Waals surface area (Å²) in [6, 6.07) is 0. The molecule has 2 aromatic rings. The van der Waals surface area contributed by atoms with Gasteiger partial charge >= 0.3 is 11.7 Å². The van der Waals surface area contributed by atoms with Gasteiger partial charge in [-0.25, -0.2) is 4.79 Å². The van der Waals surface area contributed by atoms with Crippen LogP contribution in [-0.4, -0.2) is 26.7 Å². The number of hydrogen-bond acceptors (Lipinski definition) is 5. The smallest absolute Gasteiger partial charge is 0.341 e. The van der Waals surface area contributed by atoms with Crippen LogP contribution in [0.4, 0.5) is 14.5 Å². The molecule has 1 aliphatic carbocycles. The second kappa shape index (κ2) is 6.84. The quantitative estimate of drug-likeness (QED) is 0.590. The number of nitro groups is 1. The fraction of sp³-hybridized carbons (Fsp3) is 0.444. The van der Waals surface area contributed by atoms with Crippen LogP contribution in [-0.2, 0) is 6.54 Å². The average Bonchev–Trinajstić information content (AvgIpc) is 3.42. The highest BCUT2D eigenvalue weighted by Gasteiger charge is 2.39. The molecule has 1 aliphatic rings. The first-order valence-corrected chi connectivity index (χ1v) is 8.77. The van der Waals surface area contributed by atoms with E-state index in [2.05, 4.69) is 0 Å². The van der Waals surface area contributed by atoms with E-state index < -0.39 is 56.4 Å². The summed E-state index contributed by atoms with van der Waals surface area (Å²) in [5.41, 5.74) is -3.39. The molecule has 3 rings (SSSR count). The summed E-state index contributed by atoms with van der Waals surface area (Å²) in [5, 5.41) is 20.2. The Morgan fingerprint density at radius 2 is 1.96 bits per heavy atom. The number of ether oxygens (including phenoxy) is 1. The van der Waals surface area contributed by atoms with E-state index in [4.69, 9.17) is 4.74 Å². The lowest BCUT2D eigenvalue weighted by atomic mass is 10.0. The largest absolute Gasteiger partial charge is 0.486 e. The molecule has 0 aliphatic heterocycles. The summed E-state index contributed by atoms with van der Waals surface area (Å²) in [4.78, 5) is 35.0. The van der Waals surface area contributed by atoms with Gasteiger partial charge in [-0.2, -0.15) is 8.78 Å². The lowest BCUT2D eigenvalue weighted by Crippen LogP contribution is -2.26. The minimum Gasteiger partial charge on any atom is -0.486 e. The Kier molecular flexibility index (Phi) is 4.82. The number of halogens is 2. The third-order valence-electron chi connectivity index (χ3n) is 4.59. The number of rotatable bonds is 6. The summed E-state index contributed by atoms with van der Waals surface area (Å²) < 4.78 is 36.0. The van der Waals surface area contributed by atoms with Crippen molar-refractivity contribution in [3.63, 3.8) is 0 Å². The van der Waals surface area contributed by atoms with Crippen molar-refractivity contribution in [2.75, 3.05) is 0 Å². The number of fused-ring (bicyclic) bond motifs is 1. The first-order valence-electron chi connectivity index (χ1n) is 8.77. The van der Waals surface area contributed by atoms with Crippen molar-refractivity contribution >= 4 is 22.6 Å². The maximum absolute atomic E-state index is 14.7. The van der Waals surface area contributed by atoms with Crippen molar-refractivity contribution in [2.24, 2.45) is 0 Å². The van der Waals surface area contributed by atoms with Gasteiger partial charge in [0.2, 0.25) is 17.1 Å². The number of carboxylic acid groups (broad SMARTS) is 1. The van der Waals surface area contributed by atoms with Gasteiger partial charge in [-0.05, 0) is 33.6 Å². The number of nitrogens with zero attached hydrogens (tertiary/aromatic N) is 2. The van der Waals surface area contributed by atoms with Crippen LogP contribution in [0.25, 0.3) is 10.9 Å². The fourth-order valence-electron chi connectivity index (χ4n) is 3.44. The SMILES string of the molecule is CCn1c(C2CC2)c(C(=O)O)c(=O)c2c([N+](=O)[O-])c(F)c(F)c(OC(C)C)c21. The molecule has 0 spiro atoms. The molecule has 0 bridgehead atoms. The van der Waals surface area contributed by atoms with Crippen molar-refractivity contribution in [3.8, 4) is 5.75 Å². The third-order valence-corrected chi connectivity index (χ3v) is 4.59. The van der Waals surface area contributed by atoms with Crippen LogP contribution < -0.4 is 10.2 Å². The minimum atomic E-state index is -1.86. The summed E-state index contributed by atoms with van der Waals surface area (Å²) >= 11 is 0. The number of aromatic carboxylic acids is 1. The maximum Gasteiger partial charge on any atom is 0.341 e. The molecular weight excluding hydrogens is 378 g/mol. The molecule has 1 N–H and O–H groups in total. The van der Waals surface area contributed by atoms with Gasteiger partial charge in [0.25, 0.3) is 0 Å². The minimum absolute atomic E-state index is 0.0829. The second-order valence-corrected chi connectivity index (χ2v) is 6.87. The van der Waals surface area contributed by atoms with Gasteiger partial charge in [0, 0.05) is 18.2 Å². The van der Waals surface area contributed by atoms with E-state index in [0.29, 0.717) is 12.8 Å². The van der Waals surface area contributed by atoms with Crippen LogP contribution >= 0.6 is 0 Å². The molecule has 10 heteroatoms. The number of carbonyl (C=O) groups is 1. The lowest BCUT2D eigenvalue weighted by Gasteiger charge is -2.21. The Morgan fingerprint density at radius 3 is 2.39 bits per heavy atom. The van der Waals surface area contributed by atoms with Crippen LogP contribution in [0.3, 0.4) is 0 Å². The van der Waals surface area contributed by atoms with E-state index in [-0.39, 0.29) is 23.7 Å². The third kappa shape index (κ3) is 2.88. The summed E-state index contributed by atoms with van der Waals surface area (Å²) in [6.07, 6.45) is 0.622. The van der Waals surface area contributed by atoms with Crippen LogP contribution in [0.2, 0.25) is 0 Å². The topological polar surface area (TPSA) is 112 Å². The Labute approximate surface area is 157 Å². The number of aromatic nitrogens is 1. The molecule has 0 amide bonds. The lowest BCUT2D eigenvalue weighted by molar-refractivity contribution is -0.386. The number of nitro benzene ring substituents is 1. The van der Waals surface area contributed by atoms with E-state index >= 15 is 0 Å². The molecule has 28 heavy (non-hydrogen) atoms. The van der Waals surface area contributed by atoms with Crippen molar-refractivity contribution in [3.05, 3.63) is 43.2 Å². The Hall–Kier alpha value is -3.04. The monoisotopic (exact) mass is 396 g/mol. The average molecular weight is 396 g/mol. The molecule has 0 saturated heterocycles. The molecule has 1 aromatic carbocycles. The molecule has 0 unspecified atom stereocenters. The first kappa shape index (κ1) is 19.7. The Bertz CT molecular complexity index is 1070. The maximum atomic E-state index is 14.7. The number of pyridine rings is 1. The zero-order valence-corrected chi connectivity index (χ0v) is 15.4. The summed E-state index contributed by atoms with van der Waals surface area (Å²) in [6.45, 7) is 4.80. The van der Waals surface area contributed by atoms with Gasteiger partial charge in [-0.3, -0.25) is 14.9 Å². The van der Waals surface area contributed by atoms with E-state index in [0.717, 1.165) is 0 Å². The fourth-order valence-corrected chi connectivity index (χ4v) is 3.44. The number of hydrogen-bond donors (Lipinski definition) is 1. The van der Waals surface area contributed by atoms with Crippen LogP contribution in [0, 0.1) is 21.7 Å². The molecule has 1 aromatic heterocycles. The number of benzene rings is 1. The van der Waals surface area contributed by atoms with E-state index in [1.54, 1.807) is 20.8 Å². The van der Waals surface area contributed by atoms with Crippen molar-refractivity contribution in [1.29, 1.82) is 0 Å². The highest BCUT2D eigenvalue weighted by molar-refractivity contribution is 6.00. The summed E-state index contributed by atoms with van der Waals surface area (Å²) in [7, 11) is 0. The molecule has 1 saturated carbocycles. The predicted octanol–water partition coefficient (Wildman–Crippen LogP) is 3.57. The molecule has 1 heterocycles. The van der Waals surface area contributed by atoms with Gasteiger partial charge in [-0.1, -0.05) is 0 Å².